The smallest absolute Gasteiger partial charge is 0.240 e. The van der Waals surface area contributed by atoms with E-state index >= 15 is 0 Å². The maximum absolute atomic E-state index is 10.6. The fourth-order valence-corrected chi connectivity index (χ4v) is 1.14. The minimum absolute atomic E-state index is 0.462. The first kappa shape index (κ1) is 8.29. The molecule has 0 amide bonds. The summed E-state index contributed by atoms with van der Waals surface area (Å²) in [6, 6.07) is 0. The van der Waals surface area contributed by atoms with Crippen LogP contribution in [0.1, 0.15) is 0 Å². The van der Waals surface area contributed by atoms with Gasteiger partial charge in [-0.2, -0.15) is 8.42 Å². The molecule has 0 aromatic rings. The van der Waals surface area contributed by atoms with E-state index < -0.39 is 10.1 Å². The number of hydrogen-bond donors (Lipinski definition) is 0. The molecular weight excluding hydrogens is 166 g/mol. The fourth-order valence-electron chi connectivity index (χ4n) is 0.679. The van der Waals surface area contributed by atoms with E-state index in [0.29, 0.717) is 6.54 Å². The summed E-state index contributed by atoms with van der Waals surface area (Å²) in [5, 5.41) is 1.25. The molecule has 0 radical (unpaired) electrons. The van der Waals surface area contributed by atoms with Gasteiger partial charge in [0.2, 0.25) is 0 Å². The SMILES string of the molecule is CS(=O)(=O)ON1C=CC=CC1. The lowest BCUT2D eigenvalue weighted by Crippen LogP contribution is -2.22. The Morgan fingerprint density at radius 1 is 1.45 bits per heavy atom. The third kappa shape index (κ3) is 3.20. The van der Waals surface area contributed by atoms with E-state index in [-0.39, 0.29) is 0 Å². The molecule has 0 fully saturated rings. The average Bonchev–Trinajstić information content (AvgIpc) is 1.85. The van der Waals surface area contributed by atoms with Gasteiger partial charge in [-0.3, -0.25) is 0 Å². The first-order valence-electron chi connectivity index (χ1n) is 3.07. The van der Waals surface area contributed by atoms with Gasteiger partial charge in [0.05, 0.1) is 12.8 Å². The lowest BCUT2D eigenvalue weighted by molar-refractivity contribution is 0.0132. The van der Waals surface area contributed by atoms with Crippen LogP contribution in [0.5, 0.6) is 0 Å². The first-order chi connectivity index (χ1) is 5.08. The minimum atomic E-state index is -3.38. The second-order valence-electron chi connectivity index (χ2n) is 2.15. The van der Waals surface area contributed by atoms with Gasteiger partial charge in [0.25, 0.3) is 10.1 Å². The average molecular weight is 175 g/mol. The van der Waals surface area contributed by atoms with Crippen molar-refractivity contribution in [2.24, 2.45) is 0 Å². The van der Waals surface area contributed by atoms with Crippen LogP contribution in [0.15, 0.2) is 24.4 Å². The zero-order valence-corrected chi connectivity index (χ0v) is 6.91. The fraction of sp³-hybridized carbons (Fsp3) is 0.333. The van der Waals surface area contributed by atoms with Crippen LogP contribution >= 0.6 is 0 Å². The molecule has 11 heavy (non-hydrogen) atoms. The van der Waals surface area contributed by atoms with Crippen molar-refractivity contribution in [2.45, 2.75) is 0 Å². The number of nitrogens with zero attached hydrogens (tertiary/aromatic N) is 1. The highest BCUT2D eigenvalue weighted by Crippen LogP contribution is 2.01. The van der Waals surface area contributed by atoms with Gasteiger partial charge in [-0.15, -0.1) is 4.28 Å². The summed E-state index contributed by atoms with van der Waals surface area (Å²) < 4.78 is 25.7. The maximum atomic E-state index is 10.6. The van der Waals surface area contributed by atoms with Crippen LogP contribution in [0.3, 0.4) is 0 Å². The molecule has 0 saturated heterocycles. The van der Waals surface area contributed by atoms with E-state index in [4.69, 9.17) is 0 Å². The van der Waals surface area contributed by atoms with Gasteiger partial charge in [-0.25, -0.2) is 5.06 Å². The van der Waals surface area contributed by atoms with Gasteiger partial charge in [0.1, 0.15) is 0 Å². The Kier molecular flexibility index (Phi) is 2.31. The molecule has 1 aliphatic heterocycles. The van der Waals surface area contributed by atoms with Crippen LogP contribution in [-0.4, -0.2) is 26.3 Å². The largest absolute Gasteiger partial charge is 0.285 e. The van der Waals surface area contributed by atoms with Crippen LogP contribution in [0, 0.1) is 0 Å². The Balaban J connectivity index is 2.52. The molecule has 0 spiro atoms. The Morgan fingerprint density at radius 2 is 2.18 bits per heavy atom. The zero-order chi connectivity index (χ0) is 8.32. The molecule has 0 N–H and O–H groups in total. The predicted molar refractivity (Wildman–Crippen MR) is 40.9 cm³/mol. The molecule has 62 valence electrons. The van der Waals surface area contributed by atoms with Gasteiger partial charge in [-0.05, 0) is 6.08 Å². The first-order valence-corrected chi connectivity index (χ1v) is 4.89. The number of hydrogen-bond acceptors (Lipinski definition) is 4. The predicted octanol–water partition coefficient (Wildman–Crippen LogP) is 0.263. The van der Waals surface area contributed by atoms with Crippen LogP contribution in [-0.2, 0) is 14.4 Å². The molecule has 0 atom stereocenters. The van der Waals surface area contributed by atoms with Crippen molar-refractivity contribution < 1.29 is 12.7 Å². The molecule has 1 rings (SSSR count). The second kappa shape index (κ2) is 3.06. The molecule has 0 aromatic carbocycles. The van der Waals surface area contributed by atoms with Crippen molar-refractivity contribution in [2.75, 3.05) is 12.8 Å². The Labute approximate surface area is 65.8 Å². The Hall–Kier alpha value is -0.810. The Bertz CT molecular complexity index is 278. The van der Waals surface area contributed by atoms with E-state index in [1.165, 1.54) is 5.06 Å². The van der Waals surface area contributed by atoms with Crippen molar-refractivity contribution in [1.82, 2.24) is 5.06 Å². The summed E-state index contributed by atoms with van der Waals surface area (Å²) in [5.74, 6) is 0. The quantitative estimate of drug-likeness (QED) is 0.604. The van der Waals surface area contributed by atoms with Crippen molar-refractivity contribution >= 4 is 10.1 Å². The number of rotatable bonds is 2. The highest BCUT2D eigenvalue weighted by molar-refractivity contribution is 7.85. The van der Waals surface area contributed by atoms with Gasteiger partial charge >= 0.3 is 0 Å². The second-order valence-corrected chi connectivity index (χ2v) is 3.71. The van der Waals surface area contributed by atoms with Gasteiger partial charge in [0, 0.05) is 6.20 Å². The lowest BCUT2D eigenvalue weighted by atomic mass is 10.4. The molecule has 0 bridgehead atoms. The van der Waals surface area contributed by atoms with Gasteiger partial charge in [0.15, 0.2) is 0 Å². The lowest BCUT2D eigenvalue weighted by Gasteiger charge is -2.16. The summed E-state index contributed by atoms with van der Waals surface area (Å²) in [5.41, 5.74) is 0. The van der Waals surface area contributed by atoms with Crippen molar-refractivity contribution in [3.05, 3.63) is 24.4 Å². The van der Waals surface area contributed by atoms with Crippen molar-refractivity contribution in [1.29, 1.82) is 0 Å². The number of hydroxylamine groups is 2. The molecule has 5 heteroatoms. The minimum Gasteiger partial charge on any atom is -0.240 e. The van der Waals surface area contributed by atoms with Crippen LogP contribution < -0.4 is 0 Å². The van der Waals surface area contributed by atoms with Gasteiger partial charge in [-0.1, -0.05) is 12.2 Å². The molecule has 0 saturated carbocycles. The topological polar surface area (TPSA) is 46.6 Å². The van der Waals surface area contributed by atoms with E-state index in [1.54, 1.807) is 18.4 Å². The summed E-state index contributed by atoms with van der Waals surface area (Å²) in [7, 11) is -3.38. The zero-order valence-electron chi connectivity index (χ0n) is 6.10. The highest BCUT2D eigenvalue weighted by Gasteiger charge is 2.07. The normalized spacial score (nSPS) is 17.4. The molecular formula is C6H9NO3S. The van der Waals surface area contributed by atoms with Gasteiger partial charge < -0.3 is 0 Å². The summed E-state index contributed by atoms with van der Waals surface area (Å²) in [6.45, 7) is 0.462. The monoisotopic (exact) mass is 175 g/mol. The molecule has 1 heterocycles. The van der Waals surface area contributed by atoms with E-state index in [2.05, 4.69) is 4.28 Å². The van der Waals surface area contributed by atoms with Crippen molar-refractivity contribution in [3.63, 3.8) is 0 Å². The summed E-state index contributed by atoms with van der Waals surface area (Å²) >= 11 is 0. The highest BCUT2D eigenvalue weighted by atomic mass is 32.2. The molecule has 1 aliphatic rings. The van der Waals surface area contributed by atoms with E-state index in [9.17, 15) is 8.42 Å². The summed E-state index contributed by atoms with van der Waals surface area (Å²) in [6.07, 6.45) is 7.89. The van der Waals surface area contributed by atoms with E-state index in [0.717, 1.165) is 6.26 Å². The summed E-state index contributed by atoms with van der Waals surface area (Å²) in [4.78, 5) is 0. The van der Waals surface area contributed by atoms with Crippen LogP contribution in [0.4, 0.5) is 0 Å². The third-order valence-electron chi connectivity index (χ3n) is 1.02. The molecule has 4 nitrogen and oxygen atoms in total. The number of allylic oxidation sites excluding steroid dienone is 2. The standard InChI is InChI=1S/C6H9NO3S/c1-11(8,9)10-7-5-3-2-4-6-7/h2-5H,6H2,1H3. The van der Waals surface area contributed by atoms with Crippen LogP contribution in [0.2, 0.25) is 0 Å². The van der Waals surface area contributed by atoms with E-state index in [1.807, 2.05) is 6.08 Å². The molecule has 0 unspecified atom stereocenters. The maximum Gasteiger partial charge on any atom is 0.285 e. The Morgan fingerprint density at radius 3 is 2.64 bits per heavy atom. The van der Waals surface area contributed by atoms with Crippen molar-refractivity contribution in [3.8, 4) is 0 Å². The van der Waals surface area contributed by atoms with Crippen LogP contribution in [0.25, 0.3) is 0 Å². The molecule has 0 aliphatic carbocycles. The molecule has 0 aromatic heterocycles. The third-order valence-corrected chi connectivity index (χ3v) is 1.48.